The molecule has 0 radical (unpaired) electrons. The third kappa shape index (κ3) is 4.59. The molecule has 1 aliphatic heterocycles. The molecule has 2 aromatic heterocycles. The number of anilines is 2. The summed E-state index contributed by atoms with van der Waals surface area (Å²) in [7, 11) is -4.06. The molecule has 0 atom stereocenters. The van der Waals surface area contributed by atoms with Gasteiger partial charge < -0.3 is 10.0 Å². The Labute approximate surface area is 188 Å². The lowest BCUT2D eigenvalue weighted by Crippen LogP contribution is -2.60. The van der Waals surface area contributed by atoms with Gasteiger partial charge in [0.25, 0.3) is 10.0 Å². The largest absolute Gasteiger partial charge is 0.386 e. The molecular formula is C20H17Cl2FN4O3S. The molecule has 0 saturated carbocycles. The van der Waals surface area contributed by atoms with Crippen LogP contribution >= 0.6 is 23.2 Å². The highest BCUT2D eigenvalue weighted by Crippen LogP contribution is 2.33. The standard InChI is InChI=1S/C20H17Cl2FN4O3S/c1-20(28)10-27(11-20)17-3-2-4-18(25-17)31(29,30)26-16-8-7-14(21)19(24-16)13-6-5-12(23)9-15(13)22/h2-9,28H,10-11H2,1H3,(H,24,26). The van der Waals surface area contributed by atoms with Crippen LogP contribution in [0, 0.1) is 5.82 Å². The van der Waals surface area contributed by atoms with E-state index in [-0.39, 0.29) is 26.6 Å². The lowest BCUT2D eigenvalue weighted by Gasteiger charge is -2.44. The van der Waals surface area contributed by atoms with Crippen molar-refractivity contribution < 1.29 is 17.9 Å². The lowest BCUT2D eigenvalue weighted by molar-refractivity contribution is 0.0305. The number of nitrogens with zero attached hydrogens (tertiary/aromatic N) is 3. The number of rotatable bonds is 5. The van der Waals surface area contributed by atoms with Crippen molar-refractivity contribution in [2.45, 2.75) is 17.6 Å². The van der Waals surface area contributed by atoms with Crippen LogP contribution < -0.4 is 9.62 Å². The van der Waals surface area contributed by atoms with Gasteiger partial charge in [0, 0.05) is 18.7 Å². The number of sulfonamides is 1. The Balaban J connectivity index is 1.62. The smallest absolute Gasteiger partial charge is 0.280 e. The number of hydrogen-bond donors (Lipinski definition) is 2. The predicted octanol–water partition coefficient (Wildman–Crippen LogP) is 3.96. The maximum Gasteiger partial charge on any atom is 0.280 e. The molecular weight excluding hydrogens is 466 g/mol. The minimum Gasteiger partial charge on any atom is -0.386 e. The molecule has 1 aromatic carbocycles. The first kappa shape index (κ1) is 21.8. The molecule has 11 heteroatoms. The molecule has 0 spiro atoms. The fourth-order valence-corrected chi connectivity index (χ4v) is 4.66. The van der Waals surface area contributed by atoms with Crippen molar-refractivity contribution in [1.29, 1.82) is 0 Å². The topological polar surface area (TPSA) is 95.4 Å². The zero-order valence-corrected chi connectivity index (χ0v) is 18.5. The van der Waals surface area contributed by atoms with Crippen LogP contribution in [0.4, 0.5) is 16.0 Å². The van der Waals surface area contributed by atoms with Crippen molar-refractivity contribution in [2.24, 2.45) is 0 Å². The molecule has 3 aromatic rings. The monoisotopic (exact) mass is 482 g/mol. The molecule has 4 rings (SSSR count). The van der Waals surface area contributed by atoms with E-state index in [1.165, 1.54) is 30.3 Å². The Morgan fingerprint density at radius 2 is 1.84 bits per heavy atom. The van der Waals surface area contributed by atoms with Gasteiger partial charge in [-0.2, -0.15) is 8.42 Å². The molecule has 2 N–H and O–H groups in total. The first-order valence-corrected chi connectivity index (χ1v) is 11.4. The number of halogens is 3. The van der Waals surface area contributed by atoms with Gasteiger partial charge in [-0.05, 0) is 49.4 Å². The van der Waals surface area contributed by atoms with Crippen LogP contribution in [-0.4, -0.2) is 42.2 Å². The van der Waals surface area contributed by atoms with Crippen LogP contribution in [0.5, 0.6) is 0 Å². The van der Waals surface area contributed by atoms with Gasteiger partial charge >= 0.3 is 0 Å². The van der Waals surface area contributed by atoms with Crippen molar-refractivity contribution in [1.82, 2.24) is 9.97 Å². The van der Waals surface area contributed by atoms with E-state index in [1.807, 2.05) is 0 Å². The molecule has 162 valence electrons. The number of hydrogen-bond acceptors (Lipinski definition) is 6. The van der Waals surface area contributed by atoms with Gasteiger partial charge in [0.15, 0.2) is 5.03 Å². The Bertz CT molecular complexity index is 1260. The van der Waals surface area contributed by atoms with E-state index in [1.54, 1.807) is 24.0 Å². The number of pyridine rings is 2. The molecule has 0 bridgehead atoms. The van der Waals surface area contributed by atoms with E-state index in [9.17, 15) is 17.9 Å². The third-order valence-electron chi connectivity index (χ3n) is 4.64. The highest BCUT2D eigenvalue weighted by Gasteiger charge is 2.37. The van der Waals surface area contributed by atoms with Crippen LogP contribution in [0.1, 0.15) is 6.92 Å². The Morgan fingerprint density at radius 3 is 2.52 bits per heavy atom. The zero-order valence-electron chi connectivity index (χ0n) is 16.2. The van der Waals surface area contributed by atoms with Crippen molar-refractivity contribution in [2.75, 3.05) is 22.7 Å². The summed E-state index contributed by atoms with van der Waals surface area (Å²) in [6, 6.07) is 11.2. The number of β-amino-alcohol motifs (C(OH)–C–C–N with tert-alkyl or cyclic N) is 1. The summed E-state index contributed by atoms with van der Waals surface area (Å²) in [6.45, 7) is 2.41. The van der Waals surface area contributed by atoms with Crippen LogP contribution in [0.2, 0.25) is 10.0 Å². The SMILES string of the molecule is CC1(O)CN(c2cccc(S(=O)(=O)Nc3ccc(Cl)c(-c4ccc(F)cc4Cl)n3)n2)C1. The van der Waals surface area contributed by atoms with Crippen LogP contribution in [0.3, 0.4) is 0 Å². The van der Waals surface area contributed by atoms with Gasteiger partial charge in [0.1, 0.15) is 17.5 Å². The quantitative estimate of drug-likeness (QED) is 0.571. The fraction of sp³-hybridized carbons (Fsp3) is 0.200. The van der Waals surface area contributed by atoms with E-state index in [4.69, 9.17) is 23.2 Å². The minimum atomic E-state index is -4.06. The maximum atomic E-state index is 13.4. The summed E-state index contributed by atoms with van der Waals surface area (Å²) in [5.41, 5.74) is -0.254. The summed E-state index contributed by atoms with van der Waals surface area (Å²) in [5, 5.41) is 10.0. The number of benzene rings is 1. The van der Waals surface area contributed by atoms with Crippen molar-refractivity contribution in [3.8, 4) is 11.3 Å². The summed E-state index contributed by atoms with van der Waals surface area (Å²) in [5.74, 6) is -0.0764. The molecule has 0 unspecified atom stereocenters. The Kier molecular flexibility index (Phi) is 5.55. The fourth-order valence-electron chi connectivity index (χ4n) is 3.23. The normalized spacial score (nSPS) is 15.5. The number of aromatic nitrogens is 2. The maximum absolute atomic E-state index is 13.4. The van der Waals surface area contributed by atoms with Gasteiger partial charge in [-0.3, -0.25) is 4.72 Å². The molecule has 1 saturated heterocycles. The molecule has 1 aliphatic rings. The van der Waals surface area contributed by atoms with E-state index in [0.717, 1.165) is 6.07 Å². The molecule has 31 heavy (non-hydrogen) atoms. The molecule has 0 amide bonds. The summed E-state index contributed by atoms with van der Waals surface area (Å²) in [6.07, 6.45) is 0. The number of nitrogens with one attached hydrogen (secondary N) is 1. The van der Waals surface area contributed by atoms with Gasteiger partial charge in [0.2, 0.25) is 0 Å². The minimum absolute atomic E-state index is 0.00104. The van der Waals surface area contributed by atoms with Crippen molar-refractivity contribution in [3.63, 3.8) is 0 Å². The summed E-state index contributed by atoms with van der Waals surface area (Å²) < 4.78 is 41.5. The number of aliphatic hydroxyl groups is 1. The average molecular weight is 483 g/mol. The van der Waals surface area contributed by atoms with E-state index < -0.39 is 21.4 Å². The predicted molar refractivity (Wildman–Crippen MR) is 118 cm³/mol. The second kappa shape index (κ2) is 7.90. The average Bonchev–Trinajstić information content (AvgIpc) is 2.68. The van der Waals surface area contributed by atoms with Gasteiger partial charge in [-0.15, -0.1) is 0 Å². The summed E-state index contributed by atoms with van der Waals surface area (Å²) in [4.78, 5) is 10.2. The van der Waals surface area contributed by atoms with Crippen molar-refractivity contribution >= 4 is 44.9 Å². The highest BCUT2D eigenvalue weighted by molar-refractivity contribution is 7.92. The van der Waals surface area contributed by atoms with E-state index in [0.29, 0.717) is 24.5 Å². The van der Waals surface area contributed by atoms with Crippen LogP contribution in [0.25, 0.3) is 11.3 Å². The van der Waals surface area contributed by atoms with Gasteiger partial charge in [-0.1, -0.05) is 29.3 Å². The van der Waals surface area contributed by atoms with Crippen molar-refractivity contribution in [3.05, 3.63) is 64.4 Å². The van der Waals surface area contributed by atoms with E-state index in [2.05, 4.69) is 14.7 Å². The van der Waals surface area contributed by atoms with E-state index >= 15 is 0 Å². The summed E-state index contributed by atoms with van der Waals surface area (Å²) >= 11 is 12.3. The molecule has 0 aliphatic carbocycles. The molecule has 7 nitrogen and oxygen atoms in total. The Morgan fingerprint density at radius 1 is 1.10 bits per heavy atom. The zero-order chi connectivity index (χ0) is 22.4. The second-order valence-corrected chi connectivity index (χ2v) is 9.89. The third-order valence-corrected chi connectivity index (χ3v) is 6.52. The van der Waals surface area contributed by atoms with Gasteiger partial charge in [-0.25, -0.2) is 14.4 Å². The highest BCUT2D eigenvalue weighted by atomic mass is 35.5. The second-order valence-electron chi connectivity index (χ2n) is 7.44. The first-order valence-electron chi connectivity index (χ1n) is 9.13. The van der Waals surface area contributed by atoms with Crippen LogP contribution in [0.15, 0.2) is 53.6 Å². The van der Waals surface area contributed by atoms with Gasteiger partial charge in [0.05, 0.1) is 21.3 Å². The molecule has 3 heterocycles. The van der Waals surface area contributed by atoms with Crippen LogP contribution in [-0.2, 0) is 10.0 Å². The molecule has 1 fully saturated rings. The Hall–Kier alpha value is -2.46. The lowest BCUT2D eigenvalue weighted by atomic mass is 9.97. The first-order chi connectivity index (χ1) is 14.5.